The second kappa shape index (κ2) is 2.74. The number of aryl methyl sites for hydroxylation is 1. The maximum atomic E-state index is 5.98. The van der Waals surface area contributed by atoms with Crippen LogP contribution in [0, 0.1) is 6.92 Å². The first-order chi connectivity index (χ1) is 6.75. The first-order valence-corrected chi connectivity index (χ1v) is 5.36. The largest absolute Gasteiger partial charge is 0.366 e. The minimum absolute atomic E-state index is 0.383. The number of hydrogen-bond donors (Lipinski definition) is 1. The van der Waals surface area contributed by atoms with Crippen LogP contribution in [-0.2, 0) is 6.42 Å². The fourth-order valence-electron chi connectivity index (χ4n) is 2.90. The number of anilines is 1. The summed E-state index contributed by atoms with van der Waals surface area (Å²) in [7, 11) is 0. The zero-order valence-electron chi connectivity index (χ0n) is 8.53. The molecule has 74 valence electrons. The lowest BCUT2D eigenvalue weighted by atomic mass is 10.0. The molecule has 0 aliphatic carbocycles. The van der Waals surface area contributed by atoms with E-state index in [9.17, 15) is 0 Å². The molecule has 2 aliphatic rings. The van der Waals surface area contributed by atoms with Crippen molar-refractivity contribution in [2.75, 3.05) is 11.4 Å². The van der Waals surface area contributed by atoms with Gasteiger partial charge in [0.25, 0.3) is 0 Å². The number of nitrogens with zero attached hydrogens (tertiary/aromatic N) is 1. The van der Waals surface area contributed by atoms with Crippen LogP contribution in [0.4, 0.5) is 5.69 Å². The van der Waals surface area contributed by atoms with Gasteiger partial charge in [0.1, 0.15) is 0 Å². The molecule has 0 saturated carbocycles. The average molecular weight is 188 g/mol. The van der Waals surface area contributed by atoms with Gasteiger partial charge in [0.05, 0.1) is 0 Å². The standard InChI is InChI=1S/C12H16N2/c1-8-3-2-4-12-11(8)6-10-5-9(13)7-14(10)12/h2-4,9-10H,5-7,13H2,1H3. The summed E-state index contributed by atoms with van der Waals surface area (Å²) < 4.78 is 0. The molecule has 1 saturated heterocycles. The SMILES string of the molecule is Cc1cccc2c1CC1CC(N)CN21. The van der Waals surface area contributed by atoms with Crippen LogP contribution < -0.4 is 10.6 Å². The second-order valence-electron chi connectivity index (χ2n) is 4.58. The molecule has 0 radical (unpaired) electrons. The van der Waals surface area contributed by atoms with E-state index in [1.54, 1.807) is 5.56 Å². The summed E-state index contributed by atoms with van der Waals surface area (Å²) in [5.41, 5.74) is 10.4. The monoisotopic (exact) mass is 188 g/mol. The molecule has 1 aromatic carbocycles. The number of nitrogens with two attached hydrogens (primary N) is 1. The van der Waals surface area contributed by atoms with Crippen LogP contribution in [0.3, 0.4) is 0 Å². The summed E-state index contributed by atoms with van der Waals surface area (Å²) in [6.07, 6.45) is 2.36. The van der Waals surface area contributed by atoms with Gasteiger partial charge in [0, 0.05) is 24.3 Å². The molecule has 3 rings (SSSR count). The zero-order chi connectivity index (χ0) is 9.71. The highest BCUT2D eigenvalue weighted by Crippen LogP contribution is 2.38. The Kier molecular flexibility index (Phi) is 1.62. The molecule has 2 atom stereocenters. The molecule has 2 N–H and O–H groups in total. The van der Waals surface area contributed by atoms with Crippen LogP contribution in [0.2, 0.25) is 0 Å². The van der Waals surface area contributed by atoms with E-state index in [0.29, 0.717) is 12.1 Å². The van der Waals surface area contributed by atoms with Crippen LogP contribution in [0.15, 0.2) is 18.2 Å². The summed E-state index contributed by atoms with van der Waals surface area (Å²) in [5, 5.41) is 0. The summed E-state index contributed by atoms with van der Waals surface area (Å²) in [6, 6.07) is 7.66. The zero-order valence-corrected chi connectivity index (χ0v) is 8.53. The maximum absolute atomic E-state index is 5.98. The van der Waals surface area contributed by atoms with Crippen LogP contribution in [0.5, 0.6) is 0 Å². The second-order valence-corrected chi connectivity index (χ2v) is 4.58. The van der Waals surface area contributed by atoms with Gasteiger partial charge in [-0.15, -0.1) is 0 Å². The highest BCUT2D eigenvalue weighted by molar-refractivity contribution is 5.63. The van der Waals surface area contributed by atoms with Gasteiger partial charge < -0.3 is 10.6 Å². The number of hydrogen-bond acceptors (Lipinski definition) is 2. The van der Waals surface area contributed by atoms with Crippen molar-refractivity contribution in [3.8, 4) is 0 Å². The maximum Gasteiger partial charge on any atom is 0.0405 e. The van der Waals surface area contributed by atoms with Crippen molar-refractivity contribution in [3.05, 3.63) is 29.3 Å². The van der Waals surface area contributed by atoms with Gasteiger partial charge in [-0.2, -0.15) is 0 Å². The molecule has 2 heterocycles. The van der Waals surface area contributed by atoms with Crippen molar-refractivity contribution < 1.29 is 0 Å². The van der Waals surface area contributed by atoms with Gasteiger partial charge in [-0.3, -0.25) is 0 Å². The van der Waals surface area contributed by atoms with Crippen molar-refractivity contribution in [2.24, 2.45) is 5.73 Å². The molecule has 2 aliphatic heterocycles. The van der Waals surface area contributed by atoms with E-state index >= 15 is 0 Å². The molecule has 2 unspecified atom stereocenters. The predicted molar refractivity (Wildman–Crippen MR) is 58.6 cm³/mol. The third-order valence-electron chi connectivity index (χ3n) is 3.58. The molecule has 2 heteroatoms. The third-order valence-corrected chi connectivity index (χ3v) is 3.58. The molecule has 14 heavy (non-hydrogen) atoms. The first kappa shape index (κ1) is 8.30. The van der Waals surface area contributed by atoms with Crippen molar-refractivity contribution in [1.29, 1.82) is 0 Å². The Hall–Kier alpha value is -1.02. The van der Waals surface area contributed by atoms with Gasteiger partial charge in [-0.1, -0.05) is 12.1 Å². The molecule has 0 bridgehead atoms. The van der Waals surface area contributed by atoms with E-state index in [4.69, 9.17) is 5.73 Å². The minimum atomic E-state index is 0.383. The van der Waals surface area contributed by atoms with Crippen molar-refractivity contribution >= 4 is 5.69 Å². The van der Waals surface area contributed by atoms with Crippen LogP contribution in [0.1, 0.15) is 17.5 Å². The van der Waals surface area contributed by atoms with Crippen LogP contribution in [-0.4, -0.2) is 18.6 Å². The fourth-order valence-corrected chi connectivity index (χ4v) is 2.90. The summed E-state index contributed by atoms with van der Waals surface area (Å²) in [6.45, 7) is 3.25. The number of benzene rings is 1. The van der Waals surface area contributed by atoms with Crippen molar-refractivity contribution in [1.82, 2.24) is 0 Å². The van der Waals surface area contributed by atoms with E-state index in [2.05, 4.69) is 30.0 Å². The summed E-state index contributed by atoms with van der Waals surface area (Å²) in [4.78, 5) is 2.49. The lowest BCUT2D eigenvalue weighted by molar-refractivity contribution is 0.661. The third kappa shape index (κ3) is 1.01. The summed E-state index contributed by atoms with van der Waals surface area (Å²) >= 11 is 0. The van der Waals surface area contributed by atoms with E-state index in [1.807, 2.05) is 0 Å². The van der Waals surface area contributed by atoms with Gasteiger partial charge >= 0.3 is 0 Å². The van der Waals surface area contributed by atoms with Crippen LogP contribution >= 0.6 is 0 Å². The molecule has 0 spiro atoms. The highest BCUT2D eigenvalue weighted by atomic mass is 15.2. The molecular formula is C12H16N2. The molecule has 0 amide bonds. The number of rotatable bonds is 0. The smallest absolute Gasteiger partial charge is 0.0405 e. The quantitative estimate of drug-likeness (QED) is 0.668. The fraction of sp³-hybridized carbons (Fsp3) is 0.500. The van der Waals surface area contributed by atoms with Crippen molar-refractivity contribution in [2.45, 2.75) is 31.8 Å². The molecular weight excluding hydrogens is 172 g/mol. The highest BCUT2D eigenvalue weighted by Gasteiger charge is 2.36. The Morgan fingerprint density at radius 1 is 1.43 bits per heavy atom. The molecule has 2 nitrogen and oxygen atoms in total. The normalized spacial score (nSPS) is 29.1. The first-order valence-electron chi connectivity index (χ1n) is 5.36. The van der Waals surface area contributed by atoms with Gasteiger partial charge in [0.15, 0.2) is 0 Å². The van der Waals surface area contributed by atoms with Crippen molar-refractivity contribution in [3.63, 3.8) is 0 Å². The van der Waals surface area contributed by atoms with E-state index < -0.39 is 0 Å². The Morgan fingerprint density at radius 2 is 2.29 bits per heavy atom. The van der Waals surface area contributed by atoms with Crippen LogP contribution in [0.25, 0.3) is 0 Å². The number of fused-ring (bicyclic) bond motifs is 3. The van der Waals surface area contributed by atoms with E-state index in [1.165, 1.54) is 17.7 Å². The minimum Gasteiger partial charge on any atom is -0.366 e. The topological polar surface area (TPSA) is 29.3 Å². The Morgan fingerprint density at radius 3 is 3.14 bits per heavy atom. The Labute approximate surface area is 84.7 Å². The summed E-state index contributed by atoms with van der Waals surface area (Å²) in [5.74, 6) is 0. The molecule has 1 aromatic rings. The molecule has 1 fully saturated rings. The van der Waals surface area contributed by atoms with Gasteiger partial charge in [0.2, 0.25) is 0 Å². The van der Waals surface area contributed by atoms with E-state index in [0.717, 1.165) is 13.0 Å². The predicted octanol–water partition coefficient (Wildman–Crippen LogP) is 1.46. The van der Waals surface area contributed by atoms with E-state index in [-0.39, 0.29) is 0 Å². The average Bonchev–Trinajstić information content (AvgIpc) is 2.63. The Bertz CT molecular complexity index is 373. The molecule has 0 aromatic heterocycles. The lowest BCUT2D eigenvalue weighted by Gasteiger charge is -2.18. The lowest BCUT2D eigenvalue weighted by Crippen LogP contribution is -2.27. The Balaban J connectivity index is 2.05. The van der Waals surface area contributed by atoms with Gasteiger partial charge in [-0.05, 0) is 37.0 Å². The van der Waals surface area contributed by atoms with Gasteiger partial charge in [-0.25, -0.2) is 0 Å².